The first-order valence-corrected chi connectivity index (χ1v) is 6.20. The molecule has 10 nitrogen and oxygen atoms in total. The summed E-state index contributed by atoms with van der Waals surface area (Å²) >= 11 is 0. The summed E-state index contributed by atoms with van der Waals surface area (Å²) in [6.07, 6.45) is 3.29. The fraction of sp³-hybridized carbons (Fsp3) is 0. The van der Waals surface area contributed by atoms with E-state index in [0.29, 0.717) is 22.1 Å². The van der Waals surface area contributed by atoms with Crippen LogP contribution in [0.4, 0.5) is 11.9 Å². The summed E-state index contributed by atoms with van der Waals surface area (Å²) < 4.78 is 0. The van der Waals surface area contributed by atoms with Crippen LogP contribution in [0.5, 0.6) is 0 Å². The molecule has 0 bridgehead atoms. The number of hydrogen-bond donors (Lipinski definition) is 6. The first-order chi connectivity index (χ1) is 10.5. The fourth-order valence-corrected chi connectivity index (χ4v) is 1.94. The molecule has 22 heavy (non-hydrogen) atoms. The van der Waals surface area contributed by atoms with Crippen molar-refractivity contribution in [1.29, 1.82) is 0 Å². The predicted molar refractivity (Wildman–Crippen MR) is 82.3 cm³/mol. The van der Waals surface area contributed by atoms with Crippen LogP contribution in [0.1, 0.15) is 0 Å². The summed E-state index contributed by atoms with van der Waals surface area (Å²) in [5.41, 5.74) is 11.2. The van der Waals surface area contributed by atoms with Gasteiger partial charge in [0.25, 0.3) is 11.1 Å². The van der Waals surface area contributed by atoms with Crippen LogP contribution < -0.4 is 22.6 Å². The van der Waals surface area contributed by atoms with E-state index in [2.05, 4.69) is 29.9 Å². The molecule has 4 heterocycles. The number of rotatable bonds is 0. The normalized spacial score (nSPS) is 10.5. The lowest BCUT2D eigenvalue weighted by molar-refractivity contribution is 1.17. The van der Waals surface area contributed by atoms with Crippen molar-refractivity contribution in [2.24, 2.45) is 0 Å². The lowest BCUT2D eigenvalue weighted by atomic mass is 10.4. The predicted octanol–water partition coefficient (Wildman–Crippen LogP) is -0.333. The Morgan fingerprint density at radius 3 is 1.59 bits per heavy atom. The molecule has 0 aliphatic heterocycles. The molecule has 0 unspecified atom stereocenters. The van der Waals surface area contributed by atoms with Crippen LogP contribution in [-0.4, -0.2) is 29.9 Å². The zero-order valence-electron chi connectivity index (χ0n) is 11.2. The number of aromatic nitrogens is 6. The van der Waals surface area contributed by atoms with E-state index < -0.39 is 0 Å². The van der Waals surface area contributed by atoms with E-state index >= 15 is 0 Å². The third-order valence-corrected chi connectivity index (χ3v) is 2.89. The first-order valence-electron chi connectivity index (χ1n) is 6.20. The maximum Gasteiger partial charge on any atom is 0.261 e. The molecular weight excluding hydrogens is 288 g/mol. The van der Waals surface area contributed by atoms with Gasteiger partial charge in [0, 0.05) is 12.4 Å². The van der Waals surface area contributed by atoms with Gasteiger partial charge in [-0.25, -0.2) is 0 Å². The highest BCUT2D eigenvalue weighted by Gasteiger charge is 2.01. The average molecular weight is 300 g/mol. The van der Waals surface area contributed by atoms with Crippen molar-refractivity contribution in [1.82, 2.24) is 29.9 Å². The van der Waals surface area contributed by atoms with Gasteiger partial charge in [-0.2, -0.15) is 9.97 Å². The Labute approximate surface area is 121 Å². The van der Waals surface area contributed by atoms with Crippen LogP contribution in [0.2, 0.25) is 0 Å². The lowest BCUT2D eigenvalue weighted by Gasteiger charge is -1.90. The van der Waals surface area contributed by atoms with Crippen molar-refractivity contribution in [2.45, 2.75) is 0 Å². The number of fused-ring (bicyclic) bond motifs is 2. The topological polar surface area (TPSA) is 175 Å². The highest BCUT2D eigenvalue weighted by Crippen LogP contribution is 2.03. The fourth-order valence-electron chi connectivity index (χ4n) is 1.94. The van der Waals surface area contributed by atoms with Gasteiger partial charge in [-0.3, -0.25) is 19.6 Å². The number of nitrogens with two attached hydrogens (primary N) is 2. The third-order valence-electron chi connectivity index (χ3n) is 2.89. The molecule has 8 N–H and O–H groups in total. The van der Waals surface area contributed by atoms with E-state index in [1.165, 1.54) is 0 Å². The molecule has 4 rings (SSSR count). The number of nitrogen functional groups attached to an aromatic ring is 2. The Kier molecular flexibility index (Phi) is 3.10. The van der Waals surface area contributed by atoms with E-state index in [1.54, 1.807) is 24.5 Å². The number of nitrogens with zero attached hydrogens (tertiary/aromatic N) is 2. The molecule has 0 aliphatic rings. The number of hydrogen-bond acceptors (Lipinski definition) is 6. The second-order valence-electron chi connectivity index (χ2n) is 4.38. The standard InChI is InChI=1S/2C6H6N4O/c2*7-6-9-4-3(1-2-8-4)5(11)10-6/h2*1-2H,(H4,7,8,9,10,11). The molecular formula is C12H12N8O2. The molecule has 0 saturated heterocycles. The maximum atomic E-state index is 11.1. The molecule has 0 aromatic carbocycles. The molecule has 0 aliphatic carbocycles. The Balaban J connectivity index is 0.000000131. The molecule has 4 aromatic rings. The van der Waals surface area contributed by atoms with Crippen molar-refractivity contribution in [3.05, 3.63) is 45.2 Å². The molecule has 4 aromatic heterocycles. The number of nitrogens with one attached hydrogen (secondary N) is 4. The zero-order valence-corrected chi connectivity index (χ0v) is 11.2. The molecule has 0 saturated carbocycles. The van der Waals surface area contributed by atoms with Gasteiger partial charge in [0.2, 0.25) is 11.9 Å². The van der Waals surface area contributed by atoms with Gasteiger partial charge in [0.05, 0.1) is 10.8 Å². The average Bonchev–Trinajstić information content (AvgIpc) is 3.07. The minimum absolute atomic E-state index is 0.130. The SMILES string of the molecule is Nc1nc2[nH]ccc2c(=O)[nH]1.Nc1nc2[nH]ccc2c(=O)[nH]1. The minimum atomic E-state index is -0.214. The van der Waals surface area contributed by atoms with Gasteiger partial charge in [-0.05, 0) is 12.1 Å². The van der Waals surface area contributed by atoms with Crippen LogP contribution in [0.3, 0.4) is 0 Å². The van der Waals surface area contributed by atoms with Crippen LogP contribution in [-0.2, 0) is 0 Å². The van der Waals surface area contributed by atoms with Gasteiger partial charge in [0.15, 0.2) is 0 Å². The van der Waals surface area contributed by atoms with E-state index in [0.717, 1.165) is 0 Å². The maximum absolute atomic E-state index is 11.1. The van der Waals surface area contributed by atoms with Crippen LogP contribution in [0.25, 0.3) is 22.1 Å². The summed E-state index contributed by atoms with van der Waals surface area (Å²) in [6, 6.07) is 3.31. The Hall–Kier alpha value is -3.56. The van der Waals surface area contributed by atoms with Crippen LogP contribution in [0, 0.1) is 0 Å². The molecule has 0 amide bonds. The van der Waals surface area contributed by atoms with Gasteiger partial charge >= 0.3 is 0 Å². The molecule has 0 fully saturated rings. The van der Waals surface area contributed by atoms with Crippen molar-refractivity contribution in [3.63, 3.8) is 0 Å². The van der Waals surface area contributed by atoms with Crippen LogP contribution in [0.15, 0.2) is 34.1 Å². The summed E-state index contributed by atoms with van der Waals surface area (Å²) in [7, 11) is 0. The first kappa shape index (κ1) is 13.4. The summed E-state index contributed by atoms with van der Waals surface area (Å²) in [5.74, 6) is 0.259. The number of H-pyrrole nitrogens is 4. The van der Waals surface area contributed by atoms with E-state index in [9.17, 15) is 9.59 Å². The Morgan fingerprint density at radius 2 is 1.18 bits per heavy atom. The van der Waals surface area contributed by atoms with E-state index in [-0.39, 0.29) is 23.0 Å². The smallest absolute Gasteiger partial charge is 0.261 e. The monoisotopic (exact) mass is 300 g/mol. The quantitative estimate of drug-likeness (QED) is 0.259. The van der Waals surface area contributed by atoms with Gasteiger partial charge in [-0.1, -0.05) is 0 Å². The zero-order chi connectivity index (χ0) is 15.7. The number of aromatic amines is 4. The summed E-state index contributed by atoms with van der Waals surface area (Å²) in [4.78, 5) is 40.2. The highest BCUT2D eigenvalue weighted by molar-refractivity contribution is 5.75. The van der Waals surface area contributed by atoms with Gasteiger partial charge in [0.1, 0.15) is 11.3 Å². The van der Waals surface area contributed by atoms with Gasteiger partial charge in [-0.15, -0.1) is 0 Å². The Bertz CT molecular complexity index is 968. The second kappa shape index (κ2) is 5.09. The minimum Gasteiger partial charge on any atom is -0.369 e. The summed E-state index contributed by atoms with van der Waals surface area (Å²) in [5, 5.41) is 1.05. The van der Waals surface area contributed by atoms with Gasteiger partial charge < -0.3 is 21.4 Å². The third kappa shape index (κ3) is 2.40. The second-order valence-corrected chi connectivity index (χ2v) is 4.38. The van der Waals surface area contributed by atoms with E-state index in [1.807, 2.05) is 0 Å². The Morgan fingerprint density at radius 1 is 0.773 bits per heavy atom. The van der Waals surface area contributed by atoms with Crippen LogP contribution >= 0.6 is 0 Å². The molecule has 0 radical (unpaired) electrons. The molecule has 0 spiro atoms. The highest BCUT2D eigenvalue weighted by atomic mass is 16.1. The number of anilines is 2. The van der Waals surface area contributed by atoms with Crippen molar-refractivity contribution in [3.8, 4) is 0 Å². The molecule has 0 atom stereocenters. The van der Waals surface area contributed by atoms with Crippen molar-refractivity contribution >= 4 is 34.0 Å². The van der Waals surface area contributed by atoms with Crippen molar-refractivity contribution < 1.29 is 0 Å². The molecule has 112 valence electrons. The lowest BCUT2D eigenvalue weighted by Crippen LogP contribution is -2.09. The molecule has 10 heteroatoms. The summed E-state index contributed by atoms with van der Waals surface area (Å²) in [6.45, 7) is 0. The largest absolute Gasteiger partial charge is 0.369 e. The van der Waals surface area contributed by atoms with E-state index in [4.69, 9.17) is 11.5 Å². The van der Waals surface area contributed by atoms with Crippen molar-refractivity contribution in [2.75, 3.05) is 11.5 Å².